The topological polar surface area (TPSA) is 75.3 Å². The fourth-order valence-electron chi connectivity index (χ4n) is 2.96. The van der Waals surface area contributed by atoms with Crippen molar-refractivity contribution in [2.45, 2.75) is 37.5 Å². The summed E-state index contributed by atoms with van der Waals surface area (Å²) in [5.74, 6) is -0.398. The van der Waals surface area contributed by atoms with Gasteiger partial charge in [0, 0.05) is 5.69 Å². The van der Waals surface area contributed by atoms with Crippen LogP contribution >= 0.6 is 0 Å². The minimum absolute atomic E-state index is 0.219. The van der Waals surface area contributed by atoms with Crippen LogP contribution in [0.3, 0.4) is 0 Å². The first kappa shape index (κ1) is 17.6. The van der Waals surface area contributed by atoms with Crippen molar-refractivity contribution in [1.82, 2.24) is 4.72 Å². The fourth-order valence-corrected chi connectivity index (χ4v) is 4.00. The number of carbonyl (C=O) groups excluding carboxylic acids is 1. The van der Waals surface area contributed by atoms with E-state index in [2.05, 4.69) is 10.0 Å². The van der Waals surface area contributed by atoms with Crippen molar-refractivity contribution in [2.24, 2.45) is 0 Å². The van der Waals surface area contributed by atoms with Crippen LogP contribution < -0.4 is 10.0 Å². The maximum absolute atomic E-state index is 12.4. The molecule has 3 rings (SSSR count). The minimum Gasteiger partial charge on any atom is -0.325 e. The van der Waals surface area contributed by atoms with Crippen molar-refractivity contribution in [3.63, 3.8) is 0 Å². The van der Waals surface area contributed by atoms with Crippen LogP contribution in [0.5, 0.6) is 0 Å². The van der Waals surface area contributed by atoms with E-state index >= 15 is 0 Å². The lowest BCUT2D eigenvalue weighted by atomic mass is 9.92. The van der Waals surface area contributed by atoms with Gasteiger partial charge in [-0.2, -0.15) is 0 Å². The molecule has 2 aromatic carbocycles. The summed E-state index contributed by atoms with van der Waals surface area (Å²) in [6, 6.07) is 12.6. The highest BCUT2D eigenvalue weighted by Crippen LogP contribution is 2.24. The highest BCUT2D eigenvalue weighted by Gasteiger charge is 2.18. The molecule has 1 aliphatic rings. The minimum atomic E-state index is -3.70. The lowest BCUT2D eigenvalue weighted by molar-refractivity contribution is -0.115. The zero-order valence-electron chi connectivity index (χ0n) is 14.2. The number of fused-ring (bicyclic) bond motifs is 1. The number of rotatable bonds is 5. The van der Waals surface area contributed by atoms with E-state index in [-0.39, 0.29) is 11.4 Å². The second kappa shape index (κ2) is 7.37. The van der Waals surface area contributed by atoms with Crippen molar-refractivity contribution < 1.29 is 13.2 Å². The van der Waals surface area contributed by atoms with Crippen molar-refractivity contribution >= 4 is 21.6 Å². The van der Waals surface area contributed by atoms with Gasteiger partial charge in [-0.1, -0.05) is 23.8 Å². The van der Waals surface area contributed by atoms with Gasteiger partial charge in [0.05, 0.1) is 11.4 Å². The molecule has 0 saturated carbocycles. The third-order valence-corrected chi connectivity index (χ3v) is 5.79. The third-order valence-electron chi connectivity index (χ3n) is 4.39. The number of sulfonamides is 1. The Morgan fingerprint density at radius 1 is 1.00 bits per heavy atom. The summed E-state index contributed by atoms with van der Waals surface area (Å²) in [4.78, 5) is 12.2. The van der Waals surface area contributed by atoms with Gasteiger partial charge in [-0.3, -0.25) is 4.79 Å². The predicted octanol–water partition coefficient (Wildman–Crippen LogP) is 2.79. The summed E-state index contributed by atoms with van der Waals surface area (Å²) in [6.45, 7) is 1.66. The highest BCUT2D eigenvalue weighted by atomic mass is 32.2. The van der Waals surface area contributed by atoms with Crippen molar-refractivity contribution in [2.75, 3.05) is 11.9 Å². The van der Waals surface area contributed by atoms with E-state index in [1.54, 1.807) is 24.3 Å². The standard InChI is InChI=1S/C19H22N2O3S/c1-14-6-9-17(10-7-14)21-19(22)13-20-25(23,24)18-11-8-15-4-2-3-5-16(15)12-18/h6-12,20H,2-5,13H2,1H3,(H,21,22). The van der Waals surface area contributed by atoms with Crippen LogP contribution in [-0.4, -0.2) is 20.9 Å². The summed E-state index contributed by atoms with van der Waals surface area (Å²) >= 11 is 0. The molecule has 2 aromatic rings. The van der Waals surface area contributed by atoms with E-state index in [0.717, 1.165) is 36.8 Å². The van der Waals surface area contributed by atoms with Crippen LogP contribution in [0.4, 0.5) is 5.69 Å². The van der Waals surface area contributed by atoms with Gasteiger partial charge in [-0.15, -0.1) is 0 Å². The molecule has 0 unspecified atom stereocenters. The Balaban J connectivity index is 1.63. The van der Waals surface area contributed by atoms with Crippen molar-refractivity contribution in [3.05, 3.63) is 59.2 Å². The number of hydrogen-bond acceptors (Lipinski definition) is 3. The monoisotopic (exact) mass is 358 g/mol. The smallest absolute Gasteiger partial charge is 0.241 e. The van der Waals surface area contributed by atoms with Gasteiger partial charge >= 0.3 is 0 Å². The first-order valence-corrected chi connectivity index (χ1v) is 9.90. The maximum Gasteiger partial charge on any atom is 0.241 e. The Morgan fingerprint density at radius 3 is 2.40 bits per heavy atom. The van der Waals surface area contributed by atoms with Crippen LogP contribution in [0.1, 0.15) is 29.5 Å². The van der Waals surface area contributed by atoms with E-state index in [1.807, 2.05) is 25.1 Å². The molecule has 0 aromatic heterocycles. The number of benzene rings is 2. The van der Waals surface area contributed by atoms with Crippen LogP contribution in [0.25, 0.3) is 0 Å². The Bertz CT molecular complexity index is 874. The number of anilines is 1. The molecule has 0 heterocycles. The predicted molar refractivity (Wildman–Crippen MR) is 98.1 cm³/mol. The summed E-state index contributed by atoms with van der Waals surface area (Å²) in [7, 11) is -3.70. The average Bonchev–Trinajstić information content (AvgIpc) is 2.62. The molecule has 0 spiro atoms. The van der Waals surface area contributed by atoms with Gasteiger partial charge in [0.25, 0.3) is 0 Å². The van der Waals surface area contributed by atoms with E-state index in [9.17, 15) is 13.2 Å². The first-order chi connectivity index (χ1) is 11.9. The summed E-state index contributed by atoms with van der Waals surface area (Å²) in [6.07, 6.45) is 4.15. The van der Waals surface area contributed by atoms with Gasteiger partial charge in [-0.05, 0) is 68.0 Å². The number of carbonyl (C=O) groups is 1. The molecule has 2 N–H and O–H groups in total. The van der Waals surface area contributed by atoms with Crippen molar-refractivity contribution in [1.29, 1.82) is 0 Å². The van der Waals surface area contributed by atoms with Gasteiger partial charge in [0.1, 0.15) is 0 Å². The van der Waals surface area contributed by atoms with E-state index in [4.69, 9.17) is 0 Å². The molecule has 0 aliphatic heterocycles. The second-order valence-corrected chi connectivity index (χ2v) is 8.14. The molecular weight excluding hydrogens is 336 g/mol. The Morgan fingerprint density at radius 2 is 1.68 bits per heavy atom. The number of aryl methyl sites for hydroxylation is 3. The lowest BCUT2D eigenvalue weighted by Gasteiger charge is -2.16. The largest absolute Gasteiger partial charge is 0.325 e. The van der Waals surface area contributed by atoms with Gasteiger partial charge in [0.2, 0.25) is 15.9 Å². The van der Waals surface area contributed by atoms with Crippen molar-refractivity contribution in [3.8, 4) is 0 Å². The molecular formula is C19H22N2O3S. The van der Waals surface area contributed by atoms with Gasteiger partial charge in [0.15, 0.2) is 0 Å². The molecule has 6 heteroatoms. The van der Waals surface area contributed by atoms with E-state index in [1.165, 1.54) is 5.56 Å². The fraction of sp³-hybridized carbons (Fsp3) is 0.316. The molecule has 25 heavy (non-hydrogen) atoms. The molecule has 0 bridgehead atoms. The number of amides is 1. The summed E-state index contributed by atoms with van der Waals surface area (Å²) in [5, 5.41) is 2.68. The summed E-state index contributed by atoms with van der Waals surface area (Å²) in [5.41, 5.74) is 4.05. The molecule has 0 fully saturated rings. The van der Waals surface area contributed by atoms with Crippen LogP contribution in [-0.2, 0) is 27.7 Å². The van der Waals surface area contributed by atoms with Crippen LogP contribution in [0.15, 0.2) is 47.4 Å². The van der Waals surface area contributed by atoms with Gasteiger partial charge in [-0.25, -0.2) is 13.1 Å². The van der Waals surface area contributed by atoms with Crippen LogP contribution in [0, 0.1) is 6.92 Å². The Labute approximate surface area is 148 Å². The Hall–Kier alpha value is -2.18. The van der Waals surface area contributed by atoms with E-state index in [0.29, 0.717) is 5.69 Å². The molecule has 5 nitrogen and oxygen atoms in total. The number of hydrogen-bond donors (Lipinski definition) is 2. The maximum atomic E-state index is 12.4. The van der Waals surface area contributed by atoms with Gasteiger partial charge < -0.3 is 5.32 Å². The molecule has 132 valence electrons. The zero-order chi connectivity index (χ0) is 17.9. The molecule has 1 aliphatic carbocycles. The molecule has 0 radical (unpaired) electrons. The molecule has 0 atom stereocenters. The first-order valence-electron chi connectivity index (χ1n) is 8.42. The zero-order valence-corrected chi connectivity index (χ0v) is 15.0. The lowest BCUT2D eigenvalue weighted by Crippen LogP contribution is -2.33. The quantitative estimate of drug-likeness (QED) is 0.863. The second-order valence-electron chi connectivity index (χ2n) is 6.38. The third kappa shape index (κ3) is 4.46. The Kier molecular flexibility index (Phi) is 5.20. The number of nitrogens with one attached hydrogen (secondary N) is 2. The van der Waals surface area contributed by atoms with E-state index < -0.39 is 15.9 Å². The molecule has 1 amide bonds. The van der Waals surface area contributed by atoms with Crippen LogP contribution in [0.2, 0.25) is 0 Å². The SMILES string of the molecule is Cc1ccc(NC(=O)CNS(=O)(=O)c2ccc3c(c2)CCCC3)cc1. The molecule has 0 saturated heterocycles. The average molecular weight is 358 g/mol. The summed E-state index contributed by atoms with van der Waals surface area (Å²) < 4.78 is 27.2. The highest BCUT2D eigenvalue weighted by molar-refractivity contribution is 7.89. The normalized spacial score (nSPS) is 14.0.